The van der Waals surface area contributed by atoms with E-state index in [0.29, 0.717) is 0 Å². The van der Waals surface area contributed by atoms with E-state index in [1.807, 2.05) is 0 Å². The van der Waals surface area contributed by atoms with Gasteiger partial charge < -0.3 is 5.11 Å². The highest BCUT2D eigenvalue weighted by Crippen LogP contribution is 2.31. The lowest BCUT2D eigenvalue weighted by molar-refractivity contribution is -0.137. The maximum atomic E-state index is 13.1. The Morgan fingerprint density at radius 2 is 1.65 bits per heavy atom. The molecule has 1 aromatic heterocycles. The summed E-state index contributed by atoms with van der Waals surface area (Å²) in [5, 5.41) is 8.96. The molecule has 0 amide bonds. The van der Waals surface area contributed by atoms with Crippen LogP contribution in [-0.2, 0) is 6.18 Å². The van der Waals surface area contributed by atoms with E-state index >= 15 is 0 Å². The maximum Gasteiger partial charge on any atom is 0.416 e. The van der Waals surface area contributed by atoms with E-state index in [0.717, 1.165) is 36.4 Å². The van der Waals surface area contributed by atoms with Crippen LogP contribution in [0.15, 0.2) is 36.4 Å². The van der Waals surface area contributed by atoms with E-state index in [9.17, 15) is 22.4 Å². The van der Waals surface area contributed by atoms with Crippen LogP contribution in [0.2, 0.25) is 0 Å². The van der Waals surface area contributed by atoms with Gasteiger partial charge in [0, 0.05) is 5.56 Å². The van der Waals surface area contributed by atoms with Crippen LogP contribution in [0.1, 0.15) is 15.9 Å². The SMILES string of the molecule is O=C(O)c1ccc(F)nc1-c1ccc(C(F)(F)F)cc1. The average Bonchev–Trinajstić information content (AvgIpc) is 2.37. The number of carboxylic acids is 1. The number of hydrogen-bond donors (Lipinski definition) is 1. The highest BCUT2D eigenvalue weighted by atomic mass is 19.4. The molecule has 0 bridgehead atoms. The zero-order chi connectivity index (χ0) is 14.9. The standard InChI is InChI=1S/C13H7F4NO2/c14-10-6-5-9(12(19)20)11(18-10)7-1-3-8(4-2-7)13(15,16)17/h1-6H,(H,19,20). The molecule has 3 nitrogen and oxygen atoms in total. The minimum Gasteiger partial charge on any atom is -0.478 e. The fourth-order valence-electron chi connectivity index (χ4n) is 1.65. The van der Waals surface area contributed by atoms with Crippen molar-refractivity contribution in [2.24, 2.45) is 0 Å². The number of rotatable bonds is 2. The maximum absolute atomic E-state index is 13.1. The molecule has 1 aromatic carbocycles. The molecule has 0 atom stereocenters. The second-order valence-corrected chi connectivity index (χ2v) is 3.91. The number of aromatic nitrogens is 1. The molecular weight excluding hydrogens is 278 g/mol. The number of benzene rings is 1. The molecule has 1 heterocycles. The van der Waals surface area contributed by atoms with E-state index in [2.05, 4.69) is 4.98 Å². The van der Waals surface area contributed by atoms with Gasteiger partial charge in [-0.25, -0.2) is 9.78 Å². The summed E-state index contributed by atoms with van der Waals surface area (Å²) in [6, 6.07) is 5.56. The van der Waals surface area contributed by atoms with E-state index in [1.54, 1.807) is 0 Å². The lowest BCUT2D eigenvalue weighted by Gasteiger charge is -2.09. The molecule has 104 valence electrons. The molecular formula is C13H7F4NO2. The summed E-state index contributed by atoms with van der Waals surface area (Å²) in [7, 11) is 0. The van der Waals surface area contributed by atoms with Crippen molar-refractivity contribution in [2.75, 3.05) is 0 Å². The van der Waals surface area contributed by atoms with Crippen LogP contribution in [0.4, 0.5) is 17.6 Å². The fraction of sp³-hybridized carbons (Fsp3) is 0.0769. The Kier molecular flexibility index (Phi) is 3.44. The Labute approximate surface area is 110 Å². The summed E-state index contributed by atoms with van der Waals surface area (Å²) in [5.41, 5.74) is -1.29. The molecule has 2 rings (SSSR count). The molecule has 0 radical (unpaired) electrons. The van der Waals surface area contributed by atoms with Crippen LogP contribution in [0.5, 0.6) is 0 Å². The molecule has 2 aromatic rings. The van der Waals surface area contributed by atoms with Gasteiger partial charge in [-0.2, -0.15) is 17.6 Å². The number of hydrogen-bond acceptors (Lipinski definition) is 2. The van der Waals surface area contributed by atoms with Crippen molar-refractivity contribution in [1.29, 1.82) is 0 Å². The molecule has 0 aliphatic rings. The van der Waals surface area contributed by atoms with Crippen molar-refractivity contribution < 1.29 is 27.5 Å². The summed E-state index contributed by atoms with van der Waals surface area (Å²) < 4.78 is 50.4. The second-order valence-electron chi connectivity index (χ2n) is 3.91. The minimum absolute atomic E-state index is 0.0925. The lowest BCUT2D eigenvalue weighted by atomic mass is 10.0. The third-order valence-corrected chi connectivity index (χ3v) is 2.58. The first-order chi connectivity index (χ1) is 9.29. The van der Waals surface area contributed by atoms with Gasteiger partial charge in [0.05, 0.1) is 16.8 Å². The molecule has 0 saturated heterocycles. The van der Waals surface area contributed by atoms with Gasteiger partial charge in [-0.3, -0.25) is 0 Å². The smallest absolute Gasteiger partial charge is 0.416 e. The Morgan fingerprint density at radius 1 is 1.05 bits per heavy atom. The summed E-state index contributed by atoms with van der Waals surface area (Å²) in [6.45, 7) is 0. The number of alkyl halides is 3. The number of carboxylic acid groups (broad SMARTS) is 1. The van der Waals surface area contributed by atoms with Crippen LogP contribution in [0, 0.1) is 5.95 Å². The van der Waals surface area contributed by atoms with E-state index < -0.39 is 23.7 Å². The average molecular weight is 285 g/mol. The molecule has 1 N–H and O–H groups in total. The number of halogens is 4. The zero-order valence-electron chi connectivity index (χ0n) is 9.78. The van der Waals surface area contributed by atoms with Crippen molar-refractivity contribution >= 4 is 5.97 Å². The van der Waals surface area contributed by atoms with Gasteiger partial charge in [-0.05, 0) is 24.3 Å². The first-order valence-corrected chi connectivity index (χ1v) is 5.36. The molecule has 20 heavy (non-hydrogen) atoms. The Balaban J connectivity index is 2.52. The molecule has 0 spiro atoms. The van der Waals surface area contributed by atoms with E-state index in [1.165, 1.54) is 0 Å². The fourth-order valence-corrected chi connectivity index (χ4v) is 1.65. The number of aromatic carboxylic acids is 1. The molecule has 0 aliphatic carbocycles. The molecule has 0 saturated carbocycles. The van der Waals surface area contributed by atoms with Crippen molar-refractivity contribution in [1.82, 2.24) is 4.98 Å². The highest BCUT2D eigenvalue weighted by molar-refractivity contribution is 5.94. The Bertz CT molecular complexity index is 650. The second kappa shape index (κ2) is 4.92. The Hall–Kier alpha value is -2.44. The normalized spacial score (nSPS) is 11.4. The molecule has 7 heteroatoms. The molecule has 0 unspecified atom stereocenters. The predicted octanol–water partition coefficient (Wildman–Crippen LogP) is 3.60. The Morgan fingerprint density at radius 3 is 2.15 bits per heavy atom. The van der Waals surface area contributed by atoms with E-state index in [4.69, 9.17) is 5.11 Å². The van der Waals surface area contributed by atoms with Crippen LogP contribution in [0.25, 0.3) is 11.3 Å². The van der Waals surface area contributed by atoms with Crippen LogP contribution in [0.3, 0.4) is 0 Å². The first-order valence-electron chi connectivity index (χ1n) is 5.36. The highest BCUT2D eigenvalue weighted by Gasteiger charge is 2.30. The van der Waals surface area contributed by atoms with Gasteiger partial charge in [0.25, 0.3) is 0 Å². The first kappa shape index (κ1) is 14.0. The van der Waals surface area contributed by atoms with Crippen molar-refractivity contribution in [3.05, 3.63) is 53.5 Å². The zero-order valence-corrected chi connectivity index (χ0v) is 9.78. The van der Waals surface area contributed by atoms with Gasteiger partial charge in [-0.15, -0.1) is 0 Å². The predicted molar refractivity (Wildman–Crippen MR) is 61.6 cm³/mol. The quantitative estimate of drug-likeness (QED) is 0.677. The van der Waals surface area contributed by atoms with Crippen molar-refractivity contribution in [3.8, 4) is 11.3 Å². The molecule has 0 aliphatic heterocycles. The third kappa shape index (κ3) is 2.76. The van der Waals surface area contributed by atoms with Gasteiger partial charge in [0.2, 0.25) is 5.95 Å². The number of pyridine rings is 1. The summed E-state index contributed by atoms with van der Waals surface area (Å²) in [4.78, 5) is 14.4. The summed E-state index contributed by atoms with van der Waals surface area (Å²) in [5.74, 6) is -2.25. The number of nitrogens with zero attached hydrogens (tertiary/aromatic N) is 1. The molecule has 0 fully saturated rings. The van der Waals surface area contributed by atoms with Gasteiger partial charge >= 0.3 is 12.1 Å². The monoisotopic (exact) mass is 285 g/mol. The topological polar surface area (TPSA) is 50.2 Å². The van der Waals surface area contributed by atoms with Crippen LogP contribution >= 0.6 is 0 Å². The summed E-state index contributed by atoms with van der Waals surface area (Å²) >= 11 is 0. The summed E-state index contributed by atoms with van der Waals surface area (Å²) in [6.07, 6.45) is -4.50. The third-order valence-electron chi connectivity index (χ3n) is 2.58. The van der Waals surface area contributed by atoms with Crippen LogP contribution < -0.4 is 0 Å². The van der Waals surface area contributed by atoms with Crippen molar-refractivity contribution in [3.63, 3.8) is 0 Å². The lowest BCUT2D eigenvalue weighted by Crippen LogP contribution is -2.05. The van der Waals surface area contributed by atoms with Gasteiger partial charge in [-0.1, -0.05) is 12.1 Å². The number of carbonyl (C=O) groups is 1. The van der Waals surface area contributed by atoms with Gasteiger partial charge in [0.1, 0.15) is 0 Å². The minimum atomic E-state index is -4.50. The van der Waals surface area contributed by atoms with Crippen molar-refractivity contribution in [2.45, 2.75) is 6.18 Å². The largest absolute Gasteiger partial charge is 0.478 e. The van der Waals surface area contributed by atoms with Crippen LogP contribution in [-0.4, -0.2) is 16.1 Å². The van der Waals surface area contributed by atoms with E-state index in [-0.39, 0.29) is 16.8 Å². The van der Waals surface area contributed by atoms with Gasteiger partial charge in [0.15, 0.2) is 0 Å².